The minimum atomic E-state index is -0.135. The molecule has 124 valence electrons. The lowest BCUT2D eigenvalue weighted by Crippen LogP contribution is -2.13. The van der Waals surface area contributed by atoms with E-state index in [0.717, 1.165) is 16.9 Å². The minimum Gasteiger partial charge on any atom is -0.497 e. The van der Waals surface area contributed by atoms with E-state index in [2.05, 4.69) is 0 Å². The molecule has 5 heteroatoms. The Balaban J connectivity index is 2.24. The summed E-state index contributed by atoms with van der Waals surface area (Å²) in [5, 5.41) is 0. The van der Waals surface area contributed by atoms with E-state index in [0.29, 0.717) is 23.7 Å². The molecule has 0 saturated carbocycles. The zero-order valence-corrected chi connectivity index (χ0v) is 14.0. The molecule has 0 bridgehead atoms. The van der Waals surface area contributed by atoms with Crippen LogP contribution in [0, 0.1) is 0 Å². The van der Waals surface area contributed by atoms with Crippen molar-refractivity contribution in [1.82, 2.24) is 0 Å². The van der Waals surface area contributed by atoms with Gasteiger partial charge < -0.3 is 24.7 Å². The Kier molecular flexibility index (Phi) is 5.71. The average Bonchev–Trinajstić information content (AvgIpc) is 2.60. The van der Waals surface area contributed by atoms with E-state index >= 15 is 0 Å². The molecule has 23 heavy (non-hydrogen) atoms. The van der Waals surface area contributed by atoms with Crippen LogP contribution in [-0.2, 0) is 6.42 Å². The Bertz CT molecular complexity index is 615. The summed E-state index contributed by atoms with van der Waals surface area (Å²) < 4.78 is 21.2. The van der Waals surface area contributed by atoms with Gasteiger partial charge in [-0.15, -0.1) is 0 Å². The fourth-order valence-corrected chi connectivity index (χ4v) is 2.48. The number of ether oxygens (including phenoxy) is 4. The van der Waals surface area contributed by atoms with Gasteiger partial charge in [0, 0.05) is 6.04 Å². The molecular weight excluding hydrogens is 294 g/mol. The Morgan fingerprint density at radius 1 is 0.826 bits per heavy atom. The Hall–Kier alpha value is -2.40. The summed E-state index contributed by atoms with van der Waals surface area (Å²) in [6, 6.07) is 11.5. The first kappa shape index (κ1) is 17.0. The van der Waals surface area contributed by atoms with Gasteiger partial charge in [0.1, 0.15) is 5.75 Å². The van der Waals surface area contributed by atoms with Gasteiger partial charge in [-0.3, -0.25) is 0 Å². The summed E-state index contributed by atoms with van der Waals surface area (Å²) in [4.78, 5) is 0. The van der Waals surface area contributed by atoms with Gasteiger partial charge in [-0.2, -0.15) is 0 Å². The maximum absolute atomic E-state index is 6.32. The number of benzene rings is 2. The number of hydrogen-bond donors (Lipinski definition) is 1. The Morgan fingerprint density at radius 3 is 1.83 bits per heavy atom. The van der Waals surface area contributed by atoms with Gasteiger partial charge in [0.05, 0.1) is 28.4 Å². The van der Waals surface area contributed by atoms with E-state index in [-0.39, 0.29) is 6.04 Å². The molecule has 5 nitrogen and oxygen atoms in total. The predicted octanol–water partition coefficient (Wildman–Crippen LogP) is 2.96. The first-order chi connectivity index (χ1) is 11.1. The standard InChI is InChI=1S/C18H23NO4/c1-20-14-7-5-13(6-8-14)15(19)9-12-10-16(21-2)18(23-4)17(11-12)22-3/h5-8,10-11,15H,9,19H2,1-4H3. The summed E-state index contributed by atoms with van der Waals surface area (Å²) in [6.07, 6.45) is 0.656. The fraction of sp³-hybridized carbons (Fsp3) is 0.333. The fourth-order valence-electron chi connectivity index (χ4n) is 2.48. The maximum Gasteiger partial charge on any atom is 0.203 e. The van der Waals surface area contributed by atoms with Crippen LogP contribution < -0.4 is 24.7 Å². The first-order valence-corrected chi connectivity index (χ1v) is 7.31. The highest BCUT2D eigenvalue weighted by Crippen LogP contribution is 2.39. The highest BCUT2D eigenvalue weighted by atomic mass is 16.5. The molecule has 0 spiro atoms. The van der Waals surface area contributed by atoms with E-state index in [4.69, 9.17) is 24.7 Å². The predicted molar refractivity (Wildman–Crippen MR) is 89.7 cm³/mol. The molecule has 1 atom stereocenters. The summed E-state index contributed by atoms with van der Waals surface area (Å²) in [7, 11) is 6.43. The molecule has 0 saturated heterocycles. The molecule has 2 aromatic rings. The first-order valence-electron chi connectivity index (χ1n) is 7.31. The zero-order valence-electron chi connectivity index (χ0n) is 14.0. The minimum absolute atomic E-state index is 0.135. The van der Waals surface area contributed by atoms with Crippen molar-refractivity contribution in [3.63, 3.8) is 0 Å². The summed E-state index contributed by atoms with van der Waals surface area (Å²) >= 11 is 0. The molecule has 0 amide bonds. The van der Waals surface area contributed by atoms with Gasteiger partial charge in [-0.1, -0.05) is 12.1 Å². The highest BCUT2D eigenvalue weighted by molar-refractivity contribution is 5.54. The topological polar surface area (TPSA) is 62.9 Å². The van der Waals surface area contributed by atoms with Gasteiger partial charge in [0.25, 0.3) is 0 Å². The van der Waals surface area contributed by atoms with Crippen LogP contribution in [-0.4, -0.2) is 28.4 Å². The maximum atomic E-state index is 6.32. The van der Waals surface area contributed by atoms with Crippen molar-refractivity contribution in [2.45, 2.75) is 12.5 Å². The van der Waals surface area contributed by atoms with Crippen molar-refractivity contribution in [2.75, 3.05) is 28.4 Å². The Morgan fingerprint density at radius 2 is 1.39 bits per heavy atom. The van der Waals surface area contributed by atoms with Crippen molar-refractivity contribution in [3.8, 4) is 23.0 Å². The molecule has 0 aliphatic carbocycles. The van der Waals surface area contributed by atoms with Crippen LogP contribution in [0.25, 0.3) is 0 Å². The lowest BCUT2D eigenvalue weighted by atomic mass is 9.99. The van der Waals surface area contributed by atoms with Gasteiger partial charge >= 0.3 is 0 Å². The van der Waals surface area contributed by atoms with Gasteiger partial charge in [-0.25, -0.2) is 0 Å². The molecule has 2 aromatic carbocycles. The van der Waals surface area contributed by atoms with E-state index in [1.807, 2.05) is 36.4 Å². The number of methoxy groups -OCH3 is 4. The molecule has 1 unspecified atom stereocenters. The lowest BCUT2D eigenvalue weighted by Gasteiger charge is -2.17. The van der Waals surface area contributed by atoms with Crippen molar-refractivity contribution in [1.29, 1.82) is 0 Å². The number of rotatable bonds is 7. The van der Waals surface area contributed by atoms with Gasteiger partial charge in [0.2, 0.25) is 5.75 Å². The molecule has 0 aliphatic heterocycles. The quantitative estimate of drug-likeness (QED) is 0.850. The third-order valence-corrected chi connectivity index (χ3v) is 3.72. The second-order valence-electron chi connectivity index (χ2n) is 5.12. The summed E-state index contributed by atoms with van der Waals surface area (Å²) in [6.45, 7) is 0. The van der Waals surface area contributed by atoms with E-state index in [1.165, 1.54) is 0 Å². The molecule has 0 heterocycles. The van der Waals surface area contributed by atoms with Crippen molar-refractivity contribution in [2.24, 2.45) is 5.73 Å². The van der Waals surface area contributed by atoms with E-state index < -0.39 is 0 Å². The average molecular weight is 317 g/mol. The summed E-state index contributed by atoms with van der Waals surface area (Å²) in [5.41, 5.74) is 8.38. The van der Waals surface area contributed by atoms with Crippen molar-refractivity contribution in [3.05, 3.63) is 47.5 Å². The third kappa shape index (κ3) is 3.87. The molecule has 0 fully saturated rings. The molecule has 0 aliphatic rings. The van der Waals surface area contributed by atoms with Crippen LogP contribution in [0.2, 0.25) is 0 Å². The van der Waals surface area contributed by atoms with Crippen LogP contribution in [0.5, 0.6) is 23.0 Å². The lowest BCUT2D eigenvalue weighted by molar-refractivity contribution is 0.323. The van der Waals surface area contributed by atoms with E-state index in [1.54, 1.807) is 28.4 Å². The molecular formula is C18H23NO4. The van der Waals surface area contributed by atoms with Gasteiger partial charge in [-0.05, 0) is 41.8 Å². The zero-order chi connectivity index (χ0) is 16.8. The number of nitrogens with two attached hydrogens (primary N) is 1. The molecule has 0 aromatic heterocycles. The SMILES string of the molecule is COc1ccc(C(N)Cc2cc(OC)c(OC)c(OC)c2)cc1. The Labute approximate surface area is 136 Å². The van der Waals surface area contributed by atoms with Crippen LogP contribution in [0.4, 0.5) is 0 Å². The molecule has 0 radical (unpaired) electrons. The van der Waals surface area contributed by atoms with Crippen LogP contribution >= 0.6 is 0 Å². The third-order valence-electron chi connectivity index (χ3n) is 3.72. The monoisotopic (exact) mass is 317 g/mol. The van der Waals surface area contributed by atoms with Crippen LogP contribution in [0.1, 0.15) is 17.2 Å². The summed E-state index contributed by atoms with van der Waals surface area (Å²) in [5.74, 6) is 2.65. The van der Waals surface area contributed by atoms with Crippen molar-refractivity contribution >= 4 is 0 Å². The number of hydrogen-bond acceptors (Lipinski definition) is 5. The van der Waals surface area contributed by atoms with E-state index in [9.17, 15) is 0 Å². The van der Waals surface area contributed by atoms with Gasteiger partial charge in [0.15, 0.2) is 11.5 Å². The second kappa shape index (κ2) is 7.74. The molecule has 2 N–H and O–H groups in total. The largest absolute Gasteiger partial charge is 0.497 e. The van der Waals surface area contributed by atoms with Crippen molar-refractivity contribution < 1.29 is 18.9 Å². The molecule has 2 rings (SSSR count). The normalized spacial score (nSPS) is 11.7. The van der Waals surface area contributed by atoms with Crippen LogP contribution in [0.3, 0.4) is 0 Å². The highest BCUT2D eigenvalue weighted by Gasteiger charge is 2.15. The smallest absolute Gasteiger partial charge is 0.203 e. The second-order valence-corrected chi connectivity index (χ2v) is 5.12. The van der Waals surface area contributed by atoms with Crippen LogP contribution in [0.15, 0.2) is 36.4 Å².